The van der Waals surface area contributed by atoms with Gasteiger partial charge in [0.2, 0.25) is 0 Å². The van der Waals surface area contributed by atoms with Gasteiger partial charge in [0.1, 0.15) is 0 Å². The van der Waals surface area contributed by atoms with Crippen molar-refractivity contribution in [2.45, 2.75) is 37.8 Å². The Labute approximate surface area is 138 Å². The second-order valence-corrected chi connectivity index (χ2v) is 6.37. The molecule has 0 bridgehead atoms. The van der Waals surface area contributed by atoms with Gasteiger partial charge in [0.25, 0.3) is 11.5 Å². The fraction of sp³-hybridized carbons (Fsp3) is 0.438. The molecule has 1 fully saturated rings. The molecule has 3 N–H and O–H groups in total. The molecule has 2 atom stereocenters. The molecule has 1 aromatic carbocycles. The summed E-state index contributed by atoms with van der Waals surface area (Å²) in [6.07, 6.45) is 2.99. The molecule has 7 heteroatoms. The van der Waals surface area contributed by atoms with Gasteiger partial charge in [0, 0.05) is 12.6 Å². The van der Waals surface area contributed by atoms with Gasteiger partial charge in [0.05, 0.1) is 23.0 Å². The van der Waals surface area contributed by atoms with Crippen molar-refractivity contribution in [3.05, 3.63) is 38.9 Å². The molecule has 0 radical (unpaired) electrons. The summed E-state index contributed by atoms with van der Waals surface area (Å²) in [4.78, 5) is 27.5. The van der Waals surface area contributed by atoms with Crippen LogP contribution in [0, 0.1) is 4.77 Å². The third-order valence-electron chi connectivity index (χ3n) is 4.41. The smallest absolute Gasteiger partial charge is 0.261 e. The first-order valence-electron chi connectivity index (χ1n) is 7.69. The first kappa shape index (κ1) is 15.9. The number of H-pyrrole nitrogens is 1. The molecule has 0 spiro atoms. The normalized spacial score (nSPS) is 21.3. The van der Waals surface area contributed by atoms with E-state index in [1.807, 2.05) is 0 Å². The number of benzene rings is 1. The van der Waals surface area contributed by atoms with E-state index >= 15 is 0 Å². The third-order valence-corrected chi connectivity index (χ3v) is 4.78. The number of nitrogens with zero attached hydrogens (tertiary/aromatic N) is 1. The van der Waals surface area contributed by atoms with Crippen LogP contribution in [0.15, 0.2) is 23.0 Å². The summed E-state index contributed by atoms with van der Waals surface area (Å²) in [7, 11) is 1.60. The highest BCUT2D eigenvalue weighted by Crippen LogP contribution is 2.19. The molecule has 2 aromatic rings. The number of carbonyl (C=O) groups excluding carboxylic acids is 1. The molecule has 23 heavy (non-hydrogen) atoms. The molecular formula is C16H19N3O3S. The lowest BCUT2D eigenvalue weighted by molar-refractivity contribution is 0.0717. The van der Waals surface area contributed by atoms with Crippen LogP contribution in [0.2, 0.25) is 0 Å². The van der Waals surface area contributed by atoms with Crippen molar-refractivity contribution < 1.29 is 9.90 Å². The fourth-order valence-electron chi connectivity index (χ4n) is 2.98. The monoisotopic (exact) mass is 333 g/mol. The van der Waals surface area contributed by atoms with Crippen LogP contribution < -0.4 is 10.9 Å². The summed E-state index contributed by atoms with van der Waals surface area (Å²) in [5.74, 6) is -0.252. The Morgan fingerprint density at radius 1 is 1.39 bits per heavy atom. The van der Waals surface area contributed by atoms with Crippen molar-refractivity contribution in [3.63, 3.8) is 0 Å². The predicted octanol–water partition coefficient (Wildman–Crippen LogP) is 1.63. The number of aromatic amines is 1. The minimum absolute atomic E-state index is 0.196. The number of fused-ring (bicyclic) bond motifs is 1. The highest BCUT2D eigenvalue weighted by molar-refractivity contribution is 7.71. The Hall–Kier alpha value is -1.99. The molecule has 2 unspecified atom stereocenters. The van der Waals surface area contributed by atoms with Gasteiger partial charge in [-0.15, -0.1) is 0 Å². The minimum atomic E-state index is -0.494. The van der Waals surface area contributed by atoms with Crippen molar-refractivity contribution in [1.82, 2.24) is 14.9 Å². The molecule has 6 nitrogen and oxygen atoms in total. The average molecular weight is 333 g/mol. The van der Waals surface area contributed by atoms with E-state index in [9.17, 15) is 14.7 Å². The Bertz CT molecular complexity index is 871. The molecule has 1 aromatic heterocycles. The Balaban J connectivity index is 1.91. The average Bonchev–Trinajstić information content (AvgIpc) is 2.54. The number of carbonyl (C=O) groups is 1. The van der Waals surface area contributed by atoms with Gasteiger partial charge in [-0.05, 0) is 43.3 Å². The molecule has 0 aliphatic heterocycles. The summed E-state index contributed by atoms with van der Waals surface area (Å²) < 4.78 is 1.67. The van der Waals surface area contributed by atoms with E-state index in [1.165, 1.54) is 4.57 Å². The Morgan fingerprint density at radius 3 is 2.87 bits per heavy atom. The highest BCUT2D eigenvalue weighted by atomic mass is 32.1. The molecule has 0 saturated heterocycles. The van der Waals surface area contributed by atoms with E-state index in [2.05, 4.69) is 10.3 Å². The Morgan fingerprint density at radius 2 is 2.13 bits per heavy atom. The van der Waals surface area contributed by atoms with E-state index in [1.54, 1.807) is 25.2 Å². The summed E-state index contributed by atoms with van der Waals surface area (Å²) in [6, 6.07) is 4.64. The van der Waals surface area contributed by atoms with Crippen LogP contribution in [0.25, 0.3) is 10.9 Å². The maximum absolute atomic E-state index is 12.4. The molecule has 3 rings (SSSR count). The van der Waals surface area contributed by atoms with Gasteiger partial charge in [0.15, 0.2) is 4.77 Å². The minimum Gasteiger partial charge on any atom is -0.391 e. The first-order valence-corrected chi connectivity index (χ1v) is 8.10. The summed E-state index contributed by atoms with van der Waals surface area (Å²) in [5.41, 5.74) is 0.780. The zero-order chi connectivity index (χ0) is 16.6. The third kappa shape index (κ3) is 3.07. The van der Waals surface area contributed by atoms with Gasteiger partial charge in [-0.3, -0.25) is 14.2 Å². The van der Waals surface area contributed by atoms with Crippen LogP contribution in [0.1, 0.15) is 36.0 Å². The number of nitrogens with one attached hydrogen (secondary N) is 2. The number of aliphatic hydroxyl groups is 1. The van der Waals surface area contributed by atoms with E-state index in [0.717, 1.165) is 19.3 Å². The van der Waals surface area contributed by atoms with Gasteiger partial charge < -0.3 is 15.4 Å². The van der Waals surface area contributed by atoms with Crippen LogP contribution in [0.3, 0.4) is 0 Å². The van der Waals surface area contributed by atoms with Crippen molar-refractivity contribution in [3.8, 4) is 0 Å². The quantitative estimate of drug-likeness (QED) is 0.729. The van der Waals surface area contributed by atoms with E-state index in [4.69, 9.17) is 12.2 Å². The van der Waals surface area contributed by atoms with Gasteiger partial charge >= 0.3 is 0 Å². The number of rotatable bonds is 2. The van der Waals surface area contributed by atoms with Crippen molar-refractivity contribution in [1.29, 1.82) is 0 Å². The largest absolute Gasteiger partial charge is 0.391 e. The maximum Gasteiger partial charge on any atom is 0.261 e. The van der Waals surface area contributed by atoms with Crippen molar-refractivity contribution in [2.75, 3.05) is 0 Å². The van der Waals surface area contributed by atoms with Gasteiger partial charge in [-0.1, -0.05) is 12.8 Å². The molecule has 1 heterocycles. The van der Waals surface area contributed by atoms with Crippen molar-refractivity contribution in [2.24, 2.45) is 7.05 Å². The predicted molar refractivity (Wildman–Crippen MR) is 90.1 cm³/mol. The van der Waals surface area contributed by atoms with Gasteiger partial charge in [-0.2, -0.15) is 0 Å². The highest BCUT2D eigenvalue weighted by Gasteiger charge is 2.24. The van der Waals surface area contributed by atoms with Crippen LogP contribution in [-0.2, 0) is 7.05 Å². The summed E-state index contributed by atoms with van der Waals surface area (Å²) in [6.45, 7) is 0. The number of hydrogen-bond donors (Lipinski definition) is 3. The second-order valence-electron chi connectivity index (χ2n) is 5.99. The zero-order valence-corrected chi connectivity index (χ0v) is 13.7. The summed E-state index contributed by atoms with van der Waals surface area (Å²) >= 11 is 5.10. The molecule has 1 aliphatic carbocycles. The molecule has 1 aliphatic rings. The van der Waals surface area contributed by atoms with Gasteiger partial charge in [-0.25, -0.2) is 0 Å². The standard InChI is InChI=1S/C16H19N3O3S/c1-19-15(22)10-7-6-9(8-12(10)18-16(19)23)14(21)17-11-4-2-3-5-13(11)20/h6-8,11,13,20H,2-5H2,1H3,(H,17,21)(H,18,23). The lowest BCUT2D eigenvalue weighted by Crippen LogP contribution is -2.45. The SMILES string of the molecule is Cn1c(=S)[nH]c2cc(C(=O)NC3CCCCC3O)ccc2c1=O. The van der Waals surface area contributed by atoms with Crippen LogP contribution in [0.4, 0.5) is 0 Å². The van der Waals surface area contributed by atoms with E-state index < -0.39 is 6.10 Å². The van der Waals surface area contributed by atoms with Crippen LogP contribution in [-0.4, -0.2) is 32.7 Å². The number of aromatic nitrogens is 2. The molecule has 122 valence electrons. The number of amides is 1. The molecular weight excluding hydrogens is 314 g/mol. The molecule has 1 amide bonds. The first-order chi connectivity index (χ1) is 11.0. The second kappa shape index (κ2) is 6.25. The lowest BCUT2D eigenvalue weighted by atomic mass is 9.92. The maximum atomic E-state index is 12.4. The number of hydrogen-bond acceptors (Lipinski definition) is 4. The lowest BCUT2D eigenvalue weighted by Gasteiger charge is -2.28. The molecule has 1 saturated carbocycles. The van der Waals surface area contributed by atoms with E-state index in [-0.39, 0.29) is 17.5 Å². The fourth-order valence-corrected chi connectivity index (χ4v) is 3.17. The van der Waals surface area contributed by atoms with Crippen LogP contribution in [0.5, 0.6) is 0 Å². The summed E-state index contributed by atoms with van der Waals surface area (Å²) in [5, 5.41) is 13.3. The zero-order valence-electron chi connectivity index (χ0n) is 12.8. The topological polar surface area (TPSA) is 87.1 Å². The Kier molecular flexibility index (Phi) is 4.32. The van der Waals surface area contributed by atoms with Crippen molar-refractivity contribution >= 4 is 29.0 Å². The van der Waals surface area contributed by atoms with Crippen LogP contribution >= 0.6 is 12.2 Å². The number of aliphatic hydroxyl groups excluding tert-OH is 1. The van der Waals surface area contributed by atoms with E-state index in [0.29, 0.717) is 27.7 Å².